The molecule has 0 saturated heterocycles. The SMILES string of the molecule is CCc1ccc(OCCC(NC)C(=O)OC)cc1. The summed E-state index contributed by atoms with van der Waals surface area (Å²) in [5.41, 5.74) is 1.28. The van der Waals surface area contributed by atoms with Crippen molar-refractivity contribution in [3.8, 4) is 5.75 Å². The molecule has 0 aliphatic rings. The number of ether oxygens (including phenoxy) is 2. The molecule has 0 radical (unpaired) electrons. The Morgan fingerprint density at radius 2 is 2.00 bits per heavy atom. The number of hydrogen-bond donors (Lipinski definition) is 1. The summed E-state index contributed by atoms with van der Waals surface area (Å²) < 4.78 is 10.3. The number of likely N-dealkylation sites (N-methyl/N-ethyl adjacent to an activating group) is 1. The van der Waals surface area contributed by atoms with Crippen LogP contribution in [0, 0.1) is 0 Å². The number of hydrogen-bond acceptors (Lipinski definition) is 4. The van der Waals surface area contributed by atoms with Crippen LogP contribution in [-0.2, 0) is 16.0 Å². The molecule has 0 spiro atoms. The van der Waals surface area contributed by atoms with Crippen molar-refractivity contribution in [3.63, 3.8) is 0 Å². The number of aryl methyl sites for hydroxylation is 1. The highest BCUT2D eigenvalue weighted by atomic mass is 16.5. The first-order valence-electron chi connectivity index (χ1n) is 6.18. The quantitative estimate of drug-likeness (QED) is 0.750. The maximum Gasteiger partial charge on any atom is 0.322 e. The molecular weight excluding hydrogens is 230 g/mol. The molecule has 0 aliphatic carbocycles. The number of rotatable bonds is 7. The van der Waals surface area contributed by atoms with E-state index < -0.39 is 0 Å². The molecule has 0 bridgehead atoms. The molecule has 0 heterocycles. The van der Waals surface area contributed by atoms with Gasteiger partial charge in [-0.2, -0.15) is 0 Å². The fraction of sp³-hybridized carbons (Fsp3) is 0.500. The molecule has 1 aromatic rings. The fourth-order valence-corrected chi connectivity index (χ4v) is 1.64. The molecule has 0 aromatic heterocycles. The Bertz CT molecular complexity index is 362. The van der Waals surface area contributed by atoms with Crippen molar-refractivity contribution in [2.45, 2.75) is 25.8 Å². The van der Waals surface area contributed by atoms with Gasteiger partial charge in [-0.1, -0.05) is 19.1 Å². The van der Waals surface area contributed by atoms with E-state index in [-0.39, 0.29) is 12.0 Å². The molecule has 4 heteroatoms. The normalized spacial score (nSPS) is 11.9. The summed E-state index contributed by atoms with van der Waals surface area (Å²) in [6.45, 7) is 2.59. The zero-order valence-corrected chi connectivity index (χ0v) is 11.2. The van der Waals surface area contributed by atoms with Gasteiger partial charge in [0.1, 0.15) is 11.8 Å². The highest BCUT2D eigenvalue weighted by Crippen LogP contribution is 2.13. The molecule has 0 aliphatic heterocycles. The molecule has 1 rings (SSSR count). The van der Waals surface area contributed by atoms with Gasteiger partial charge in [0.2, 0.25) is 0 Å². The Hall–Kier alpha value is -1.55. The standard InChI is InChI=1S/C14H21NO3/c1-4-11-5-7-12(8-6-11)18-10-9-13(15-2)14(16)17-3/h5-8,13,15H,4,9-10H2,1-3H3. The molecule has 1 atom stereocenters. The van der Waals surface area contributed by atoms with Gasteiger partial charge in [-0.05, 0) is 31.2 Å². The lowest BCUT2D eigenvalue weighted by Gasteiger charge is -2.14. The summed E-state index contributed by atoms with van der Waals surface area (Å²) in [6.07, 6.45) is 1.60. The first-order chi connectivity index (χ1) is 8.71. The van der Waals surface area contributed by atoms with E-state index in [0.717, 1.165) is 12.2 Å². The van der Waals surface area contributed by atoms with Gasteiger partial charge in [0.15, 0.2) is 0 Å². The van der Waals surface area contributed by atoms with E-state index in [1.807, 2.05) is 24.3 Å². The van der Waals surface area contributed by atoms with E-state index in [4.69, 9.17) is 4.74 Å². The summed E-state index contributed by atoms with van der Waals surface area (Å²) in [4.78, 5) is 11.3. The van der Waals surface area contributed by atoms with Crippen molar-refractivity contribution in [3.05, 3.63) is 29.8 Å². The molecule has 1 aromatic carbocycles. The van der Waals surface area contributed by atoms with Crippen molar-refractivity contribution in [2.75, 3.05) is 20.8 Å². The van der Waals surface area contributed by atoms with Gasteiger partial charge in [0.25, 0.3) is 0 Å². The van der Waals surface area contributed by atoms with Crippen LogP contribution in [0.2, 0.25) is 0 Å². The van der Waals surface area contributed by atoms with Gasteiger partial charge < -0.3 is 14.8 Å². The topological polar surface area (TPSA) is 47.6 Å². The number of carbonyl (C=O) groups is 1. The fourth-order valence-electron chi connectivity index (χ4n) is 1.64. The molecule has 1 unspecified atom stereocenters. The third-order valence-corrected chi connectivity index (χ3v) is 2.84. The van der Waals surface area contributed by atoms with Crippen LogP contribution in [0.3, 0.4) is 0 Å². The number of esters is 1. The predicted molar refractivity (Wildman–Crippen MR) is 70.8 cm³/mol. The predicted octanol–water partition coefficient (Wildman–Crippen LogP) is 1.78. The average molecular weight is 251 g/mol. The van der Waals surface area contributed by atoms with E-state index >= 15 is 0 Å². The number of nitrogens with one attached hydrogen (secondary N) is 1. The van der Waals surface area contributed by atoms with E-state index in [0.29, 0.717) is 13.0 Å². The van der Waals surface area contributed by atoms with Crippen molar-refractivity contribution in [1.29, 1.82) is 0 Å². The Kier molecular flexibility index (Phi) is 6.22. The largest absolute Gasteiger partial charge is 0.494 e. The summed E-state index contributed by atoms with van der Waals surface area (Å²) in [5, 5.41) is 2.90. The Morgan fingerprint density at radius 3 is 2.50 bits per heavy atom. The second kappa shape index (κ2) is 7.71. The molecule has 0 amide bonds. The Morgan fingerprint density at radius 1 is 1.33 bits per heavy atom. The third-order valence-electron chi connectivity index (χ3n) is 2.84. The summed E-state index contributed by atoms with van der Waals surface area (Å²) >= 11 is 0. The lowest BCUT2D eigenvalue weighted by molar-refractivity contribution is -0.143. The lowest BCUT2D eigenvalue weighted by Crippen LogP contribution is -2.36. The van der Waals surface area contributed by atoms with Crippen molar-refractivity contribution in [2.24, 2.45) is 0 Å². The molecule has 18 heavy (non-hydrogen) atoms. The molecule has 0 saturated carbocycles. The minimum absolute atomic E-state index is 0.262. The summed E-state index contributed by atoms with van der Waals surface area (Å²) in [6, 6.07) is 7.68. The van der Waals surface area contributed by atoms with Crippen LogP contribution in [0.5, 0.6) is 5.75 Å². The van der Waals surface area contributed by atoms with Crippen LogP contribution >= 0.6 is 0 Å². The zero-order chi connectivity index (χ0) is 13.4. The Balaban J connectivity index is 2.37. The first-order valence-corrected chi connectivity index (χ1v) is 6.18. The van der Waals surface area contributed by atoms with Gasteiger partial charge in [-0.15, -0.1) is 0 Å². The highest BCUT2D eigenvalue weighted by molar-refractivity contribution is 5.75. The first kappa shape index (κ1) is 14.5. The minimum atomic E-state index is -0.315. The summed E-state index contributed by atoms with van der Waals surface area (Å²) in [7, 11) is 3.12. The molecule has 100 valence electrons. The van der Waals surface area contributed by atoms with E-state index in [9.17, 15) is 4.79 Å². The maximum atomic E-state index is 11.3. The van der Waals surface area contributed by atoms with Crippen LogP contribution in [0.1, 0.15) is 18.9 Å². The second-order valence-corrected chi connectivity index (χ2v) is 4.00. The van der Waals surface area contributed by atoms with Crippen LogP contribution in [-0.4, -0.2) is 32.8 Å². The van der Waals surface area contributed by atoms with Crippen molar-refractivity contribution >= 4 is 5.97 Å². The van der Waals surface area contributed by atoms with Gasteiger partial charge in [0.05, 0.1) is 13.7 Å². The monoisotopic (exact) mass is 251 g/mol. The smallest absolute Gasteiger partial charge is 0.322 e. The number of carbonyl (C=O) groups excluding carboxylic acids is 1. The number of methoxy groups -OCH3 is 1. The van der Waals surface area contributed by atoms with E-state index in [1.54, 1.807) is 7.05 Å². The van der Waals surface area contributed by atoms with Gasteiger partial charge in [0, 0.05) is 6.42 Å². The van der Waals surface area contributed by atoms with Crippen LogP contribution in [0.4, 0.5) is 0 Å². The van der Waals surface area contributed by atoms with Crippen molar-refractivity contribution in [1.82, 2.24) is 5.32 Å². The number of benzene rings is 1. The molecule has 1 N–H and O–H groups in total. The maximum absolute atomic E-state index is 11.3. The van der Waals surface area contributed by atoms with Gasteiger partial charge >= 0.3 is 5.97 Å². The lowest BCUT2D eigenvalue weighted by atomic mass is 10.2. The Labute approximate surface area is 108 Å². The molecular formula is C14H21NO3. The van der Waals surface area contributed by atoms with Crippen molar-refractivity contribution < 1.29 is 14.3 Å². The van der Waals surface area contributed by atoms with Crippen LogP contribution < -0.4 is 10.1 Å². The summed E-state index contributed by atoms with van der Waals surface area (Å²) in [5.74, 6) is 0.564. The minimum Gasteiger partial charge on any atom is -0.494 e. The van der Waals surface area contributed by atoms with Crippen LogP contribution in [0.15, 0.2) is 24.3 Å². The highest BCUT2D eigenvalue weighted by Gasteiger charge is 2.16. The van der Waals surface area contributed by atoms with E-state index in [1.165, 1.54) is 12.7 Å². The zero-order valence-electron chi connectivity index (χ0n) is 11.2. The molecule has 0 fully saturated rings. The average Bonchev–Trinajstić information content (AvgIpc) is 2.43. The van der Waals surface area contributed by atoms with E-state index in [2.05, 4.69) is 17.0 Å². The third kappa shape index (κ3) is 4.37. The van der Waals surface area contributed by atoms with Gasteiger partial charge in [-0.3, -0.25) is 4.79 Å². The van der Waals surface area contributed by atoms with Gasteiger partial charge in [-0.25, -0.2) is 0 Å². The van der Waals surface area contributed by atoms with Crippen LogP contribution in [0.25, 0.3) is 0 Å². The second-order valence-electron chi connectivity index (χ2n) is 4.00. The molecule has 4 nitrogen and oxygen atoms in total.